The summed E-state index contributed by atoms with van der Waals surface area (Å²) in [5.41, 5.74) is 1.10. The van der Waals surface area contributed by atoms with Gasteiger partial charge in [0.25, 0.3) is 0 Å². The Morgan fingerprint density at radius 2 is 1.79 bits per heavy atom. The van der Waals surface area contributed by atoms with Crippen LogP contribution in [0.5, 0.6) is 0 Å². The summed E-state index contributed by atoms with van der Waals surface area (Å²) in [7, 11) is 3.29. The minimum Gasteiger partial charge on any atom is -0.468 e. The van der Waals surface area contributed by atoms with Crippen molar-refractivity contribution in [3.63, 3.8) is 0 Å². The summed E-state index contributed by atoms with van der Waals surface area (Å²) in [5.74, 6) is 1.76. The van der Waals surface area contributed by atoms with Crippen LogP contribution in [0.1, 0.15) is 43.9 Å². The minimum atomic E-state index is -0.413. The number of aliphatic hydroxyl groups is 1. The van der Waals surface area contributed by atoms with Crippen LogP contribution < -0.4 is 14.5 Å². The Labute approximate surface area is 201 Å². The van der Waals surface area contributed by atoms with Gasteiger partial charge in [-0.25, -0.2) is 9.97 Å². The van der Waals surface area contributed by atoms with E-state index < -0.39 is 5.92 Å². The SMILES string of the molecule is COC(=O)C(c1cc(N2CCN(Cc3cnc(N4CCC(O)CC4)nc3)CC2)[n+](C)o1)C(C)C. The third-order valence-electron chi connectivity index (χ3n) is 6.81. The Morgan fingerprint density at radius 3 is 2.38 bits per heavy atom. The first-order valence-electron chi connectivity index (χ1n) is 12.1. The number of piperazine rings is 1. The number of methoxy groups -OCH3 is 1. The van der Waals surface area contributed by atoms with E-state index in [9.17, 15) is 9.90 Å². The zero-order valence-corrected chi connectivity index (χ0v) is 20.7. The molecule has 2 aromatic heterocycles. The largest absolute Gasteiger partial charge is 0.468 e. The van der Waals surface area contributed by atoms with Gasteiger partial charge in [0.15, 0.2) is 5.76 Å². The van der Waals surface area contributed by atoms with E-state index >= 15 is 0 Å². The first-order chi connectivity index (χ1) is 16.4. The van der Waals surface area contributed by atoms with Gasteiger partial charge in [-0.3, -0.25) is 14.6 Å². The maximum atomic E-state index is 12.3. The van der Waals surface area contributed by atoms with Gasteiger partial charge in [0.2, 0.25) is 5.95 Å². The monoisotopic (exact) mass is 473 g/mol. The number of ether oxygens (including phenoxy) is 1. The number of rotatable bonds is 7. The van der Waals surface area contributed by atoms with Crippen molar-refractivity contribution in [3.05, 3.63) is 29.8 Å². The molecule has 2 aliphatic heterocycles. The van der Waals surface area contributed by atoms with Crippen LogP contribution in [-0.4, -0.2) is 78.4 Å². The molecule has 4 heterocycles. The van der Waals surface area contributed by atoms with Crippen molar-refractivity contribution in [1.82, 2.24) is 14.9 Å². The number of hydrogen-bond donors (Lipinski definition) is 1. The van der Waals surface area contributed by atoms with Crippen LogP contribution in [-0.2, 0) is 23.1 Å². The Bertz CT molecular complexity index is 947. The van der Waals surface area contributed by atoms with E-state index in [2.05, 4.69) is 24.7 Å². The predicted molar refractivity (Wildman–Crippen MR) is 126 cm³/mol. The number of aryl methyl sites for hydroxylation is 1. The van der Waals surface area contributed by atoms with Crippen LogP contribution >= 0.6 is 0 Å². The number of esters is 1. The second-order valence-electron chi connectivity index (χ2n) is 9.61. The van der Waals surface area contributed by atoms with E-state index in [1.165, 1.54) is 7.11 Å². The predicted octanol–water partition coefficient (Wildman–Crippen LogP) is 1.09. The summed E-state index contributed by atoms with van der Waals surface area (Å²) >= 11 is 0. The third kappa shape index (κ3) is 5.50. The molecule has 0 spiro atoms. The number of carbonyl (C=O) groups excluding carboxylic acids is 1. The van der Waals surface area contributed by atoms with Gasteiger partial charge in [0.05, 0.1) is 32.4 Å². The smallest absolute Gasteiger partial charge is 0.316 e. The zero-order valence-electron chi connectivity index (χ0n) is 20.7. The van der Waals surface area contributed by atoms with E-state index in [-0.39, 0.29) is 18.0 Å². The lowest BCUT2D eigenvalue weighted by Gasteiger charge is -2.31. The fraction of sp³-hybridized carbons (Fsp3) is 0.667. The van der Waals surface area contributed by atoms with Gasteiger partial charge in [0, 0.05) is 50.7 Å². The maximum Gasteiger partial charge on any atom is 0.316 e. The van der Waals surface area contributed by atoms with Crippen molar-refractivity contribution < 1.29 is 23.9 Å². The molecule has 10 heteroatoms. The van der Waals surface area contributed by atoms with E-state index in [1.807, 2.05) is 39.4 Å². The van der Waals surface area contributed by atoms with Gasteiger partial charge >= 0.3 is 11.8 Å². The molecule has 0 aromatic carbocycles. The number of aromatic nitrogens is 3. The van der Waals surface area contributed by atoms with Crippen molar-refractivity contribution in [2.75, 3.05) is 56.2 Å². The van der Waals surface area contributed by atoms with Crippen LogP contribution in [0, 0.1) is 5.92 Å². The molecule has 2 fully saturated rings. The fourth-order valence-electron chi connectivity index (χ4n) is 4.78. The molecule has 1 atom stereocenters. The fourth-order valence-corrected chi connectivity index (χ4v) is 4.78. The quantitative estimate of drug-likeness (QED) is 0.468. The summed E-state index contributed by atoms with van der Waals surface area (Å²) in [4.78, 5) is 28.2. The molecule has 34 heavy (non-hydrogen) atoms. The maximum absolute atomic E-state index is 12.3. The molecule has 0 aliphatic carbocycles. The molecule has 2 aliphatic rings. The van der Waals surface area contributed by atoms with Crippen LogP contribution in [0.25, 0.3) is 0 Å². The molecular formula is C24H37N6O4+. The lowest BCUT2D eigenvalue weighted by Crippen LogP contribution is -2.49. The molecule has 2 aromatic rings. The molecule has 0 amide bonds. The molecule has 10 nitrogen and oxygen atoms in total. The van der Waals surface area contributed by atoms with E-state index in [0.717, 1.165) is 76.0 Å². The summed E-state index contributed by atoms with van der Waals surface area (Å²) in [5, 5.41) is 9.68. The summed E-state index contributed by atoms with van der Waals surface area (Å²) in [6.45, 7) is 9.96. The summed E-state index contributed by atoms with van der Waals surface area (Å²) in [6, 6.07) is 1.98. The highest BCUT2D eigenvalue weighted by atomic mass is 16.5. The molecule has 4 rings (SSSR count). The average molecular weight is 474 g/mol. The Kier molecular flexibility index (Phi) is 7.67. The van der Waals surface area contributed by atoms with Crippen molar-refractivity contribution in [2.45, 2.75) is 45.3 Å². The number of anilines is 2. The van der Waals surface area contributed by atoms with Crippen molar-refractivity contribution >= 4 is 17.7 Å². The van der Waals surface area contributed by atoms with Crippen LogP contribution in [0.3, 0.4) is 0 Å². The van der Waals surface area contributed by atoms with Crippen LogP contribution in [0.2, 0.25) is 0 Å². The van der Waals surface area contributed by atoms with E-state index in [0.29, 0.717) is 5.76 Å². The lowest BCUT2D eigenvalue weighted by molar-refractivity contribution is -0.835. The highest BCUT2D eigenvalue weighted by Gasteiger charge is 2.34. The van der Waals surface area contributed by atoms with Gasteiger partial charge in [-0.1, -0.05) is 18.6 Å². The number of aliphatic hydroxyl groups excluding tert-OH is 1. The number of piperidine rings is 1. The number of hydrogen-bond acceptors (Lipinski definition) is 9. The number of nitrogens with zero attached hydrogens (tertiary/aromatic N) is 6. The van der Waals surface area contributed by atoms with Crippen molar-refractivity contribution in [3.8, 4) is 0 Å². The molecule has 1 N–H and O–H groups in total. The van der Waals surface area contributed by atoms with Gasteiger partial charge in [-0.2, -0.15) is 0 Å². The first-order valence-corrected chi connectivity index (χ1v) is 12.1. The Balaban J connectivity index is 1.32. The van der Waals surface area contributed by atoms with Gasteiger partial charge in [-0.15, -0.1) is 0 Å². The average Bonchev–Trinajstić information content (AvgIpc) is 3.21. The van der Waals surface area contributed by atoms with Crippen molar-refractivity contribution in [2.24, 2.45) is 13.0 Å². The minimum absolute atomic E-state index is 0.0819. The molecule has 186 valence electrons. The van der Waals surface area contributed by atoms with Gasteiger partial charge < -0.3 is 19.3 Å². The highest BCUT2D eigenvalue weighted by molar-refractivity contribution is 5.77. The molecule has 2 saturated heterocycles. The molecular weight excluding hydrogens is 436 g/mol. The highest BCUT2D eigenvalue weighted by Crippen LogP contribution is 2.28. The third-order valence-corrected chi connectivity index (χ3v) is 6.81. The van der Waals surface area contributed by atoms with E-state index in [4.69, 9.17) is 9.26 Å². The first kappa shape index (κ1) is 24.4. The normalized spacial score (nSPS) is 19.0. The standard InChI is InChI=1S/C24H37N6O4/c1-17(2)22(23(32)33-4)20-13-21(27(3)34-20)29-11-9-28(10-12-29)16-18-14-25-24(26-15-18)30-7-5-19(31)6-8-30/h13-15,17,19,22,31H,5-12,16H2,1-4H3/q+1. The molecule has 0 radical (unpaired) electrons. The summed E-state index contributed by atoms with van der Waals surface area (Å²) in [6.07, 6.45) is 5.18. The van der Waals surface area contributed by atoms with Crippen LogP contribution in [0.4, 0.5) is 11.8 Å². The Morgan fingerprint density at radius 1 is 1.15 bits per heavy atom. The van der Waals surface area contributed by atoms with Crippen LogP contribution in [0.15, 0.2) is 23.0 Å². The zero-order chi connectivity index (χ0) is 24.2. The summed E-state index contributed by atoms with van der Waals surface area (Å²) < 4.78 is 12.7. The molecule has 0 saturated carbocycles. The molecule has 0 bridgehead atoms. The second kappa shape index (κ2) is 10.7. The van der Waals surface area contributed by atoms with Crippen molar-refractivity contribution in [1.29, 1.82) is 0 Å². The Hall–Kier alpha value is -2.72. The van der Waals surface area contributed by atoms with Gasteiger partial charge in [-0.05, 0) is 18.8 Å². The second-order valence-corrected chi connectivity index (χ2v) is 9.61. The van der Waals surface area contributed by atoms with E-state index in [1.54, 1.807) is 4.74 Å². The molecule has 1 unspecified atom stereocenters. The van der Waals surface area contributed by atoms with Gasteiger partial charge in [0.1, 0.15) is 13.0 Å². The number of carbonyl (C=O) groups is 1. The lowest BCUT2D eigenvalue weighted by atomic mass is 9.93. The topological polar surface area (TPSA) is 99.0 Å².